The second-order valence-electron chi connectivity index (χ2n) is 7.14. The highest BCUT2D eigenvalue weighted by molar-refractivity contribution is 5.79. The number of amides is 1. The molecule has 0 aliphatic heterocycles. The lowest BCUT2D eigenvalue weighted by atomic mass is 9.94. The fourth-order valence-electron chi connectivity index (χ4n) is 3.67. The number of halogens is 3. The van der Waals surface area contributed by atoms with Gasteiger partial charge in [0.25, 0.3) is 0 Å². The minimum atomic E-state index is -4.54. The monoisotopic (exact) mass is 420 g/mol. The molecule has 2 aromatic heterocycles. The van der Waals surface area contributed by atoms with Crippen molar-refractivity contribution >= 4 is 17.0 Å². The Labute approximate surface area is 168 Å². The smallest absolute Gasteiger partial charge is 0.408 e. The lowest BCUT2D eigenvalue weighted by molar-refractivity contribution is -0.142. The van der Waals surface area contributed by atoms with Crippen LogP contribution < -0.4 is 11.1 Å². The van der Waals surface area contributed by atoms with Crippen molar-refractivity contribution < 1.29 is 22.4 Å². The van der Waals surface area contributed by atoms with Crippen molar-refractivity contribution in [3.8, 4) is 0 Å². The topological polar surface area (TPSA) is 90.0 Å². The molecule has 0 bridgehead atoms. The summed E-state index contributed by atoms with van der Waals surface area (Å²) in [4.78, 5) is 32.2. The maximum absolute atomic E-state index is 13.4. The Hall–Kier alpha value is -3.17. The zero-order chi connectivity index (χ0) is 21.3. The second-order valence-corrected chi connectivity index (χ2v) is 7.14. The maximum atomic E-state index is 13.4. The highest BCUT2D eigenvalue weighted by atomic mass is 19.4. The van der Waals surface area contributed by atoms with E-state index >= 15 is 0 Å². The van der Waals surface area contributed by atoms with Crippen LogP contribution in [0.25, 0.3) is 11.1 Å². The van der Waals surface area contributed by atoms with Crippen LogP contribution in [0.5, 0.6) is 0 Å². The van der Waals surface area contributed by atoms with E-state index in [0.29, 0.717) is 36.1 Å². The average Bonchev–Trinajstić information content (AvgIpc) is 3.02. The summed E-state index contributed by atoms with van der Waals surface area (Å²) in [5.41, 5.74) is 0.627. The summed E-state index contributed by atoms with van der Waals surface area (Å²) in [6, 6.07) is 6.71. The Morgan fingerprint density at radius 1 is 1.17 bits per heavy atom. The normalized spacial score (nSPS) is 14.0. The van der Waals surface area contributed by atoms with Gasteiger partial charge in [-0.3, -0.25) is 9.36 Å². The lowest BCUT2D eigenvalue weighted by Crippen LogP contribution is -2.32. The van der Waals surface area contributed by atoms with Gasteiger partial charge < -0.3 is 9.73 Å². The summed E-state index contributed by atoms with van der Waals surface area (Å²) in [5, 5.41) is 2.60. The molecule has 10 heteroatoms. The Kier molecular flexibility index (Phi) is 5.31. The van der Waals surface area contributed by atoms with Crippen LogP contribution >= 0.6 is 0 Å². The number of carbonyl (C=O) groups excluding carboxylic acids is 1. The van der Waals surface area contributed by atoms with E-state index in [1.54, 1.807) is 24.3 Å². The Morgan fingerprint density at radius 2 is 1.93 bits per heavy atom. The van der Waals surface area contributed by atoms with Crippen LogP contribution in [-0.2, 0) is 36.8 Å². The molecule has 30 heavy (non-hydrogen) atoms. The summed E-state index contributed by atoms with van der Waals surface area (Å²) < 4.78 is 46.4. The number of aryl methyl sites for hydroxylation is 1. The molecule has 0 saturated carbocycles. The number of hydrogen-bond donors (Lipinski definition) is 1. The highest BCUT2D eigenvalue weighted by Gasteiger charge is 2.37. The third kappa shape index (κ3) is 4.07. The van der Waals surface area contributed by atoms with Gasteiger partial charge in [0.1, 0.15) is 12.4 Å². The van der Waals surface area contributed by atoms with Crippen molar-refractivity contribution in [2.45, 2.75) is 44.8 Å². The minimum Gasteiger partial charge on any atom is -0.408 e. The number of benzene rings is 1. The van der Waals surface area contributed by atoms with Gasteiger partial charge in [0.15, 0.2) is 11.3 Å². The molecule has 2 heterocycles. The minimum absolute atomic E-state index is 0.0502. The van der Waals surface area contributed by atoms with Gasteiger partial charge >= 0.3 is 11.9 Å². The predicted octanol–water partition coefficient (Wildman–Crippen LogP) is 2.64. The molecule has 1 aliphatic carbocycles. The number of nitrogens with one attached hydrogen (secondary N) is 1. The number of oxazole rings is 1. The molecule has 0 radical (unpaired) electrons. The molecule has 1 N–H and O–H groups in total. The van der Waals surface area contributed by atoms with Crippen LogP contribution in [0, 0.1) is 0 Å². The number of alkyl halides is 3. The third-order valence-corrected chi connectivity index (χ3v) is 5.04. The average molecular weight is 420 g/mol. The van der Waals surface area contributed by atoms with Gasteiger partial charge in [-0.05, 0) is 37.8 Å². The van der Waals surface area contributed by atoms with E-state index in [2.05, 4.69) is 15.3 Å². The van der Waals surface area contributed by atoms with Crippen molar-refractivity contribution in [1.82, 2.24) is 19.9 Å². The molecule has 0 fully saturated rings. The van der Waals surface area contributed by atoms with E-state index in [9.17, 15) is 22.8 Å². The van der Waals surface area contributed by atoms with E-state index in [1.807, 2.05) is 0 Å². The first-order chi connectivity index (χ1) is 14.3. The summed E-state index contributed by atoms with van der Waals surface area (Å²) in [6.45, 7) is -0.200. The Morgan fingerprint density at radius 3 is 2.73 bits per heavy atom. The fraction of sp³-hybridized carbons (Fsp3) is 0.400. The van der Waals surface area contributed by atoms with Crippen LogP contribution in [-0.4, -0.2) is 27.0 Å². The molecule has 1 aromatic carbocycles. The molecule has 1 aliphatic rings. The SMILES string of the molecule is O=C(Cn1c(=O)oc2ccccc21)NCCc1nc2c(c(C(F)(F)F)n1)CCCC2. The Balaban J connectivity index is 1.43. The van der Waals surface area contributed by atoms with Gasteiger partial charge in [-0.1, -0.05) is 12.1 Å². The number of hydrogen-bond acceptors (Lipinski definition) is 5. The zero-order valence-electron chi connectivity index (χ0n) is 16.0. The van der Waals surface area contributed by atoms with E-state index in [4.69, 9.17) is 4.42 Å². The number of rotatable bonds is 5. The van der Waals surface area contributed by atoms with Crippen LogP contribution in [0.1, 0.15) is 35.6 Å². The van der Waals surface area contributed by atoms with Crippen LogP contribution in [0.3, 0.4) is 0 Å². The molecular formula is C20H19F3N4O3. The van der Waals surface area contributed by atoms with Gasteiger partial charge in [-0.15, -0.1) is 0 Å². The van der Waals surface area contributed by atoms with Crippen molar-refractivity contribution in [2.75, 3.05) is 6.54 Å². The summed E-state index contributed by atoms with van der Waals surface area (Å²) in [7, 11) is 0. The molecule has 0 atom stereocenters. The number of aromatic nitrogens is 3. The summed E-state index contributed by atoms with van der Waals surface area (Å²) in [5.74, 6) is -1.06. The van der Waals surface area contributed by atoms with E-state index in [0.717, 1.165) is 6.42 Å². The van der Waals surface area contributed by atoms with Gasteiger partial charge in [-0.2, -0.15) is 13.2 Å². The zero-order valence-corrected chi connectivity index (χ0v) is 16.0. The van der Waals surface area contributed by atoms with Crippen LogP contribution in [0.4, 0.5) is 13.2 Å². The number of para-hydroxylation sites is 2. The molecule has 1 amide bonds. The largest absolute Gasteiger partial charge is 0.433 e. The third-order valence-electron chi connectivity index (χ3n) is 5.04. The van der Waals surface area contributed by atoms with E-state index in [-0.39, 0.29) is 30.9 Å². The molecule has 4 rings (SSSR count). The molecule has 0 saturated heterocycles. The van der Waals surface area contributed by atoms with Crippen LogP contribution in [0.2, 0.25) is 0 Å². The first-order valence-corrected chi connectivity index (χ1v) is 9.64. The first-order valence-electron chi connectivity index (χ1n) is 9.64. The van der Waals surface area contributed by atoms with Gasteiger partial charge in [0, 0.05) is 24.2 Å². The highest BCUT2D eigenvalue weighted by Crippen LogP contribution is 2.34. The first kappa shape index (κ1) is 20.1. The second kappa shape index (κ2) is 7.92. The number of nitrogens with zero attached hydrogens (tertiary/aromatic N) is 3. The van der Waals surface area contributed by atoms with Gasteiger partial charge in [0.2, 0.25) is 5.91 Å². The predicted molar refractivity (Wildman–Crippen MR) is 101 cm³/mol. The fourth-order valence-corrected chi connectivity index (χ4v) is 3.67. The molecule has 3 aromatic rings. The van der Waals surface area contributed by atoms with Gasteiger partial charge in [-0.25, -0.2) is 14.8 Å². The number of carbonyl (C=O) groups is 1. The van der Waals surface area contributed by atoms with Crippen molar-refractivity contribution in [3.63, 3.8) is 0 Å². The summed E-state index contributed by atoms with van der Waals surface area (Å²) >= 11 is 0. The number of fused-ring (bicyclic) bond motifs is 2. The molecular weight excluding hydrogens is 401 g/mol. The quantitative estimate of drug-likeness (QED) is 0.686. The molecule has 7 nitrogen and oxygen atoms in total. The van der Waals surface area contributed by atoms with Crippen LogP contribution in [0.15, 0.2) is 33.5 Å². The van der Waals surface area contributed by atoms with Crippen molar-refractivity contribution in [3.05, 3.63) is 57.6 Å². The van der Waals surface area contributed by atoms with E-state index < -0.39 is 23.5 Å². The molecule has 0 unspecified atom stereocenters. The standard InChI is InChI=1S/C20H19F3N4O3/c21-20(22,23)18-12-5-1-2-6-13(12)25-16(26-18)9-10-24-17(28)11-27-14-7-3-4-8-15(14)30-19(27)29/h3-4,7-8H,1-2,5-6,9-11H2,(H,24,28). The molecule has 158 valence electrons. The van der Waals surface area contributed by atoms with Crippen molar-refractivity contribution in [1.29, 1.82) is 0 Å². The van der Waals surface area contributed by atoms with E-state index in [1.165, 1.54) is 4.57 Å². The maximum Gasteiger partial charge on any atom is 0.433 e. The lowest BCUT2D eigenvalue weighted by Gasteiger charge is -2.20. The summed E-state index contributed by atoms with van der Waals surface area (Å²) in [6.07, 6.45) is -2.16. The van der Waals surface area contributed by atoms with Gasteiger partial charge in [0.05, 0.1) is 5.52 Å². The van der Waals surface area contributed by atoms with Crippen molar-refractivity contribution in [2.24, 2.45) is 0 Å². The molecule has 0 spiro atoms. The Bertz CT molecular complexity index is 1150.